The minimum atomic E-state index is -0.231. The van der Waals surface area contributed by atoms with Gasteiger partial charge in [0.25, 0.3) is 0 Å². The predicted molar refractivity (Wildman–Crippen MR) is 87.3 cm³/mol. The minimum absolute atomic E-state index is 0.0641. The van der Waals surface area contributed by atoms with Crippen LogP contribution in [-0.2, 0) is 6.42 Å². The van der Waals surface area contributed by atoms with Crippen molar-refractivity contribution in [2.24, 2.45) is 0 Å². The number of ether oxygens (including phenoxy) is 1. The molecule has 2 rings (SSSR count). The van der Waals surface area contributed by atoms with E-state index in [0.29, 0.717) is 6.42 Å². The summed E-state index contributed by atoms with van der Waals surface area (Å²) in [4.78, 5) is 0. The van der Waals surface area contributed by atoms with Crippen LogP contribution in [0, 0.1) is 12.7 Å². The molecule has 1 unspecified atom stereocenters. The Morgan fingerprint density at radius 3 is 2.62 bits per heavy atom. The smallest absolute Gasteiger partial charge is 0.124 e. The molecule has 0 aliphatic heterocycles. The zero-order valence-electron chi connectivity index (χ0n) is 12.4. The molecule has 112 valence electrons. The van der Waals surface area contributed by atoms with Gasteiger partial charge in [-0.25, -0.2) is 4.39 Å². The molecule has 1 atom stereocenters. The standard InChI is InChI=1S/C17H19BrFNO/c1-11-4-5-15(17(6-11)21-3)16(20-2)9-12-7-13(18)10-14(19)8-12/h4-8,10,16,20H,9H2,1-3H3. The summed E-state index contributed by atoms with van der Waals surface area (Å²) in [5.41, 5.74) is 3.16. The lowest BCUT2D eigenvalue weighted by atomic mass is 9.97. The Morgan fingerprint density at radius 2 is 2.00 bits per heavy atom. The van der Waals surface area contributed by atoms with Gasteiger partial charge in [-0.15, -0.1) is 0 Å². The Morgan fingerprint density at radius 1 is 1.24 bits per heavy atom. The molecule has 0 aliphatic rings. The van der Waals surface area contributed by atoms with Gasteiger partial charge < -0.3 is 10.1 Å². The molecule has 2 aromatic carbocycles. The number of hydrogen-bond donors (Lipinski definition) is 1. The summed E-state index contributed by atoms with van der Waals surface area (Å²) in [6, 6.07) is 11.2. The molecule has 21 heavy (non-hydrogen) atoms. The lowest BCUT2D eigenvalue weighted by molar-refractivity contribution is 0.401. The van der Waals surface area contributed by atoms with Crippen molar-refractivity contribution >= 4 is 15.9 Å². The molecule has 0 amide bonds. The van der Waals surface area contributed by atoms with Gasteiger partial charge in [0.1, 0.15) is 11.6 Å². The van der Waals surface area contributed by atoms with E-state index in [1.807, 2.05) is 26.1 Å². The zero-order valence-corrected chi connectivity index (χ0v) is 14.0. The number of hydrogen-bond acceptors (Lipinski definition) is 2. The fraction of sp³-hybridized carbons (Fsp3) is 0.294. The van der Waals surface area contributed by atoms with Crippen LogP contribution in [0.4, 0.5) is 4.39 Å². The van der Waals surface area contributed by atoms with Crippen LogP contribution in [0.5, 0.6) is 5.75 Å². The van der Waals surface area contributed by atoms with Crippen LogP contribution in [0.2, 0.25) is 0 Å². The molecule has 0 aromatic heterocycles. The second-order valence-corrected chi connectivity index (χ2v) is 5.98. The van der Waals surface area contributed by atoms with E-state index in [-0.39, 0.29) is 11.9 Å². The highest BCUT2D eigenvalue weighted by molar-refractivity contribution is 9.10. The summed E-state index contributed by atoms with van der Waals surface area (Å²) in [6.07, 6.45) is 0.687. The fourth-order valence-electron chi connectivity index (χ4n) is 2.44. The summed E-state index contributed by atoms with van der Waals surface area (Å²) < 4.78 is 19.7. The second kappa shape index (κ2) is 7.05. The number of halogens is 2. The molecule has 0 saturated heterocycles. The first kappa shape index (κ1) is 16.0. The van der Waals surface area contributed by atoms with E-state index in [9.17, 15) is 4.39 Å². The van der Waals surface area contributed by atoms with Gasteiger partial charge in [0.15, 0.2) is 0 Å². The molecule has 0 bridgehead atoms. The highest BCUT2D eigenvalue weighted by Gasteiger charge is 2.16. The number of methoxy groups -OCH3 is 1. The zero-order chi connectivity index (χ0) is 15.4. The molecule has 0 aliphatic carbocycles. The first-order valence-electron chi connectivity index (χ1n) is 6.80. The SMILES string of the molecule is CNC(Cc1cc(F)cc(Br)c1)c1ccc(C)cc1OC. The molecule has 0 radical (unpaired) electrons. The molecule has 1 N–H and O–H groups in total. The largest absolute Gasteiger partial charge is 0.496 e. The number of rotatable bonds is 5. The third-order valence-corrected chi connectivity index (χ3v) is 3.93. The van der Waals surface area contributed by atoms with Crippen LogP contribution < -0.4 is 10.1 Å². The fourth-order valence-corrected chi connectivity index (χ4v) is 2.95. The molecule has 2 nitrogen and oxygen atoms in total. The first-order valence-corrected chi connectivity index (χ1v) is 7.59. The summed E-state index contributed by atoms with van der Waals surface area (Å²) in [5, 5.41) is 3.28. The third kappa shape index (κ3) is 4.05. The Labute approximate surface area is 133 Å². The Balaban J connectivity index is 2.31. The van der Waals surface area contributed by atoms with Crippen LogP contribution in [0.15, 0.2) is 40.9 Å². The van der Waals surface area contributed by atoms with Crippen molar-refractivity contribution < 1.29 is 9.13 Å². The van der Waals surface area contributed by atoms with E-state index < -0.39 is 0 Å². The van der Waals surface area contributed by atoms with Crippen molar-refractivity contribution in [3.8, 4) is 5.75 Å². The van der Waals surface area contributed by atoms with E-state index >= 15 is 0 Å². The van der Waals surface area contributed by atoms with Gasteiger partial charge in [0, 0.05) is 16.1 Å². The minimum Gasteiger partial charge on any atom is -0.496 e. The van der Waals surface area contributed by atoms with Crippen molar-refractivity contribution in [1.82, 2.24) is 5.32 Å². The first-order chi connectivity index (χ1) is 10.0. The number of nitrogens with one attached hydrogen (secondary N) is 1. The summed E-state index contributed by atoms with van der Waals surface area (Å²) in [6.45, 7) is 2.03. The van der Waals surface area contributed by atoms with E-state index in [2.05, 4.69) is 33.4 Å². The van der Waals surface area contributed by atoms with E-state index in [1.54, 1.807) is 13.2 Å². The van der Waals surface area contributed by atoms with Crippen molar-refractivity contribution in [3.05, 3.63) is 63.4 Å². The predicted octanol–water partition coefficient (Wildman–Crippen LogP) is 4.41. The topological polar surface area (TPSA) is 21.3 Å². The van der Waals surface area contributed by atoms with Gasteiger partial charge in [-0.1, -0.05) is 28.1 Å². The average Bonchev–Trinajstić information content (AvgIpc) is 2.44. The summed E-state index contributed by atoms with van der Waals surface area (Å²) >= 11 is 3.33. The molecule has 0 saturated carbocycles. The van der Waals surface area contributed by atoms with Crippen LogP contribution in [0.25, 0.3) is 0 Å². The molecule has 0 heterocycles. The lowest BCUT2D eigenvalue weighted by Gasteiger charge is -2.20. The summed E-state index contributed by atoms with van der Waals surface area (Å²) in [7, 11) is 3.57. The van der Waals surface area contributed by atoms with Crippen LogP contribution in [-0.4, -0.2) is 14.2 Å². The van der Waals surface area contributed by atoms with Gasteiger partial charge in [-0.05, 0) is 55.8 Å². The molecule has 0 fully saturated rings. The monoisotopic (exact) mass is 351 g/mol. The van der Waals surface area contributed by atoms with Crippen molar-refractivity contribution in [1.29, 1.82) is 0 Å². The van der Waals surface area contributed by atoms with Crippen LogP contribution in [0.1, 0.15) is 22.7 Å². The molecular formula is C17H19BrFNO. The van der Waals surface area contributed by atoms with Gasteiger partial charge >= 0.3 is 0 Å². The maximum Gasteiger partial charge on any atom is 0.124 e. The number of aryl methyl sites for hydroxylation is 1. The highest BCUT2D eigenvalue weighted by atomic mass is 79.9. The number of benzene rings is 2. The Bertz CT molecular complexity index is 610. The number of likely N-dealkylation sites (N-methyl/N-ethyl adjacent to an activating group) is 1. The van der Waals surface area contributed by atoms with Crippen LogP contribution >= 0.6 is 15.9 Å². The van der Waals surface area contributed by atoms with E-state index in [1.165, 1.54) is 6.07 Å². The lowest BCUT2D eigenvalue weighted by Crippen LogP contribution is -2.19. The third-order valence-electron chi connectivity index (χ3n) is 3.48. The Hall–Kier alpha value is -1.39. The second-order valence-electron chi connectivity index (χ2n) is 5.07. The van der Waals surface area contributed by atoms with Crippen molar-refractivity contribution in [2.45, 2.75) is 19.4 Å². The highest BCUT2D eigenvalue weighted by Crippen LogP contribution is 2.29. The van der Waals surface area contributed by atoms with Gasteiger partial charge in [0.2, 0.25) is 0 Å². The quantitative estimate of drug-likeness (QED) is 0.861. The van der Waals surface area contributed by atoms with E-state index in [4.69, 9.17) is 4.74 Å². The van der Waals surface area contributed by atoms with Crippen LogP contribution in [0.3, 0.4) is 0 Å². The molecular weight excluding hydrogens is 333 g/mol. The maximum atomic E-state index is 13.5. The molecule has 4 heteroatoms. The normalized spacial score (nSPS) is 12.2. The van der Waals surface area contributed by atoms with Gasteiger partial charge in [-0.3, -0.25) is 0 Å². The van der Waals surface area contributed by atoms with Gasteiger partial charge in [-0.2, -0.15) is 0 Å². The molecule has 0 spiro atoms. The molecule has 2 aromatic rings. The Kier molecular flexibility index (Phi) is 5.37. The maximum absolute atomic E-state index is 13.5. The van der Waals surface area contributed by atoms with Gasteiger partial charge in [0.05, 0.1) is 7.11 Å². The van der Waals surface area contributed by atoms with E-state index in [0.717, 1.165) is 26.9 Å². The average molecular weight is 352 g/mol. The van der Waals surface area contributed by atoms with Crippen molar-refractivity contribution in [3.63, 3.8) is 0 Å². The van der Waals surface area contributed by atoms with Crippen molar-refractivity contribution in [2.75, 3.05) is 14.2 Å². The summed E-state index contributed by atoms with van der Waals surface area (Å²) in [5.74, 6) is 0.620.